The molecule has 0 radical (unpaired) electrons. The maximum absolute atomic E-state index is 8.85. The molecule has 2 rings (SSSR count). The average molecular weight is 272 g/mol. The van der Waals surface area contributed by atoms with Crippen LogP contribution in [0.15, 0.2) is 47.8 Å². The Labute approximate surface area is 117 Å². The second-order valence-corrected chi connectivity index (χ2v) is 4.12. The number of nitrogens with zero attached hydrogens (tertiary/aromatic N) is 3. The van der Waals surface area contributed by atoms with Crippen LogP contribution in [0.1, 0.15) is 5.56 Å². The Bertz CT molecular complexity index is 611. The van der Waals surface area contributed by atoms with Crippen LogP contribution in [0, 0.1) is 0 Å². The van der Waals surface area contributed by atoms with Gasteiger partial charge in [0.05, 0.1) is 19.0 Å². The minimum Gasteiger partial charge on any atom is -0.495 e. The van der Waals surface area contributed by atoms with Crippen LogP contribution < -0.4 is 15.4 Å². The first kappa shape index (κ1) is 13.7. The summed E-state index contributed by atoms with van der Waals surface area (Å²) in [5.41, 5.74) is 7.12. The maximum atomic E-state index is 8.85. The van der Waals surface area contributed by atoms with Gasteiger partial charge in [0.1, 0.15) is 11.6 Å². The Morgan fingerprint density at radius 3 is 2.65 bits per heavy atom. The highest BCUT2D eigenvalue weighted by atomic mass is 16.5. The molecule has 0 aliphatic carbocycles. The molecule has 104 valence electrons. The van der Waals surface area contributed by atoms with Crippen LogP contribution >= 0.6 is 0 Å². The molecule has 1 aromatic carbocycles. The van der Waals surface area contributed by atoms with Gasteiger partial charge in [0.2, 0.25) is 0 Å². The Balaban J connectivity index is 2.39. The van der Waals surface area contributed by atoms with E-state index in [1.807, 2.05) is 42.3 Å². The average Bonchev–Trinajstić information content (AvgIpc) is 2.53. The molecule has 2 aromatic rings. The zero-order chi connectivity index (χ0) is 14.5. The van der Waals surface area contributed by atoms with Crippen LogP contribution in [-0.2, 0) is 0 Å². The van der Waals surface area contributed by atoms with E-state index in [1.54, 1.807) is 19.4 Å². The van der Waals surface area contributed by atoms with Gasteiger partial charge in [-0.15, -0.1) is 0 Å². The van der Waals surface area contributed by atoms with Gasteiger partial charge in [0, 0.05) is 12.6 Å². The molecule has 0 bridgehead atoms. The monoisotopic (exact) mass is 272 g/mol. The van der Waals surface area contributed by atoms with E-state index >= 15 is 0 Å². The number of anilines is 2. The number of pyridine rings is 1. The lowest BCUT2D eigenvalue weighted by atomic mass is 10.1. The number of oxime groups is 1. The van der Waals surface area contributed by atoms with Gasteiger partial charge in [-0.3, -0.25) is 0 Å². The van der Waals surface area contributed by atoms with Crippen molar-refractivity contribution >= 4 is 17.3 Å². The van der Waals surface area contributed by atoms with Crippen molar-refractivity contribution in [3.63, 3.8) is 0 Å². The van der Waals surface area contributed by atoms with Crippen LogP contribution in [0.2, 0.25) is 0 Å². The van der Waals surface area contributed by atoms with E-state index in [0.717, 1.165) is 11.5 Å². The summed E-state index contributed by atoms with van der Waals surface area (Å²) in [6, 6.07) is 11.0. The van der Waals surface area contributed by atoms with Crippen LogP contribution in [0.5, 0.6) is 5.75 Å². The SMILES string of the molecule is COc1ccc(N(C)c2ccccc2/C(N)=N/O)nc1. The Kier molecular flexibility index (Phi) is 4.05. The molecule has 1 heterocycles. The number of nitrogens with two attached hydrogens (primary N) is 1. The highest BCUT2D eigenvalue weighted by molar-refractivity contribution is 6.02. The van der Waals surface area contributed by atoms with Crippen molar-refractivity contribution in [2.45, 2.75) is 0 Å². The molecule has 0 fully saturated rings. The van der Waals surface area contributed by atoms with Crippen LogP contribution in [-0.4, -0.2) is 30.2 Å². The minimum absolute atomic E-state index is 0.0564. The fraction of sp³-hybridized carbons (Fsp3) is 0.143. The molecule has 0 spiro atoms. The topological polar surface area (TPSA) is 84.0 Å². The number of hydrogen-bond donors (Lipinski definition) is 2. The summed E-state index contributed by atoms with van der Waals surface area (Å²) in [7, 11) is 3.45. The van der Waals surface area contributed by atoms with Crippen molar-refractivity contribution in [2.24, 2.45) is 10.9 Å². The van der Waals surface area contributed by atoms with Crippen LogP contribution in [0.3, 0.4) is 0 Å². The maximum Gasteiger partial charge on any atom is 0.172 e. The normalized spacial score (nSPS) is 11.2. The lowest BCUT2D eigenvalue weighted by Crippen LogP contribution is -2.20. The van der Waals surface area contributed by atoms with E-state index in [9.17, 15) is 0 Å². The van der Waals surface area contributed by atoms with Gasteiger partial charge >= 0.3 is 0 Å². The molecule has 0 saturated carbocycles. The number of methoxy groups -OCH3 is 1. The molecular weight excluding hydrogens is 256 g/mol. The van der Waals surface area contributed by atoms with Crippen molar-refractivity contribution < 1.29 is 9.94 Å². The van der Waals surface area contributed by atoms with E-state index in [4.69, 9.17) is 15.7 Å². The van der Waals surface area contributed by atoms with E-state index in [0.29, 0.717) is 11.3 Å². The fourth-order valence-electron chi connectivity index (χ4n) is 1.85. The molecule has 6 heteroatoms. The number of benzene rings is 1. The first-order valence-corrected chi connectivity index (χ1v) is 5.98. The number of ether oxygens (including phenoxy) is 1. The second-order valence-electron chi connectivity index (χ2n) is 4.12. The third kappa shape index (κ3) is 2.64. The van der Waals surface area contributed by atoms with Gasteiger partial charge in [0.15, 0.2) is 5.84 Å². The molecule has 6 nitrogen and oxygen atoms in total. The number of para-hydroxylation sites is 1. The van der Waals surface area contributed by atoms with E-state index in [-0.39, 0.29) is 5.84 Å². The quantitative estimate of drug-likeness (QED) is 0.384. The number of hydrogen-bond acceptors (Lipinski definition) is 5. The van der Waals surface area contributed by atoms with Gasteiger partial charge in [-0.25, -0.2) is 4.98 Å². The van der Waals surface area contributed by atoms with Crippen LogP contribution in [0.25, 0.3) is 0 Å². The summed E-state index contributed by atoms with van der Waals surface area (Å²) < 4.78 is 5.08. The van der Waals surface area contributed by atoms with Crippen molar-refractivity contribution in [2.75, 3.05) is 19.1 Å². The van der Waals surface area contributed by atoms with E-state index in [1.165, 1.54) is 0 Å². The van der Waals surface area contributed by atoms with Crippen molar-refractivity contribution in [3.05, 3.63) is 48.2 Å². The predicted octanol–water partition coefficient (Wildman–Crippen LogP) is 1.95. The van der Waals surface area contributed by atoms with Crippen LogP contribution in [0.4, 0.5) is 11.5 Å². The molecule has 0 amide bonds. The molecule has 0 aliphatic rings. The lowest BCUT2D eigenvalue weighted by Gasteiger charge is -2.21. The Morgan fingerprint density at radius 2 is 2.05 bits per heavy atom. The highest BCUT2D eigenvalue weighted by Gasteiger charge is 2.12. The molecule has 20 heavy (non-hydrogen) atoms. The summed E-state index contributed by atoms with van der Waals surface area (Å²) in [6.45, 7) is 0. The summed E-state index contributed by atoms with van der Waals surface area (Å²) in [6.07, 6.45) is 1.64. The summed E-state index contributed by atoms with van der Waals surface area (Å²) >= 11 is 0. The van der Waals surface area contributed by atoms with Crippen molar-refractivity contribution in [1.82, 2.24) is 4.98 Å². The Hall–Kier alpha value is -2.76. The number of aromatic nitrogens is 1. The summed E-state index contributed by atoms with van der Waals surface area (Å²) in [5, 5.41) is 11.9. The third-order valence-corrected chi connectivity index (χ3v) is 2.95. The van der Waals surface area contributed by atoms with Gasteiger partial charge in [-0.05, 0) is 24.3 Å². The Morgan fingerprint density at radius 1 is 1.30 bits per heavy atom. The minimum atomic E-state index is 0.0564. The largest absolute Gasteiger partial charge is 0.495 e. The predicted molar refractivity (Wildman–Crippen MR) is 77.8 cm³/mol. The third-order valence-electron chi connectivity index (χ3n) is 2.95. The zero-order valence-corrected chi connectivity index (χ0v) is 11.3. The standard InChI is InChI=1S/C14H16N4O2/c1-18(13-8-7-10(20-2)9-16-13)12-6-4-3-5-11(12)14(15)17-19/h3-9,19H,1-2H3,(H2,15,17). The smallest absolute Gasteiger partial charge is 0.172 e. The summed E-state index contributed by atoms with van der Waals surface area (Å²) in [5.74, 6) is 1.47. The molecule has 0 saturated heterocycles. The lowest BCUT2D eigenvalue weighted by molar-refractivity contribution is 0.318. The number of rotatable bonds is 4. The summed E-state index contributed by atoms with van der Waals surface area (Å²) in [4.78, 5) is 6.16. The second kappa shape index (κ2) is 5.92. The molecule has 1 aromatic heterocycles. The first-order chi connectivity index (χ1) is 9.67. The molecule has 0 atom stereocenters. The van der Waals surface area contributed by atoms with Gasteiger partial charge in [0.25, 0.3) is 0 Å². The van der Waals surface area contributed by atoms with Gasteiger partial charge < -0.3 is 20.6 Å². The number of amidine groups is 1. The van der Waals surface area contributed by atoms with Gasteiger partial charge in [-0.1, -0.05) is 17.3 Å². The zero-order valence-electron chi connectivity index (χ0n) is 11.3. The van der Waals surface area contributed by atoms with Crippen molar-refractivity contribution in [3.8, 4) is 5.75 Å². The fourth-order valence-corrected chi connectivity index (χ4v) is 1.85. The molecule has 0 aliphatic heterocycles. The first-order valence-electron chi connectivity index (χ1n) is 5.98. The highest BCUT2D eigenvalue weighted by Crippen LogP contribution is 2.26. The molecule has 0 unspecified atom stereocenters. The van der Waals surface area contributed by atoms with Gasteiger partial charge in [-0.2, -0.15) is 0 Å². The molecular formula is C14H16N4O2. The van der Waals surface area contributed by atoms with Crippen molar-refractivity contribution in [1.29, 1.82) is 0 Å². The molecule has 3 N–H and O–H groups in total. The van der Waals surface area contributed by atoms with E-state index in [2.05, 4.69) is 10.1 Å². The van der Waals surface area contributed by atoms with E-state index < -0.39 is 0 Å².